The highest BCUT2D eigenvalue weighted by atomic mass is 32.2. The maximum atomic E-state index is 12.8. The minimum absolute atomic E-state index is 0.368. The van der Waals surface area contributed by atoms with Gasteiger partial charge in [-0.15, -0.1) is 11.3 Å². The summed E-state index contributed by atoms with van der Waals surface area (Å²) in [5, 5.41) is 0.414. The predicted octanol–water partition coefficient (Wildman–Crippen LogP) is 4.26. The fourth-order valence-electron chi connectivity index (χ4n) is 3.46. The minimum Gasteiger partial charge on any atom is -0.246 e. The maximum absolute atomic E-state index is 12.8. The van der Waals surface area contributed by atoms with E-state index in [1.807, 2.05) is 18.4 Å². The number of thiazole rings is 2. The molecule has 140 valence electrons. The minimum atomic E-state index is -3.59. The second-order valence-electron chi connectivity index (χ2n) is 6.84. The number of hydrogen-bond donors (Lipinski definition) is 1. The van der Waals surface area contributed by atoms with Crippen LogP contribution in [-0.2, 0) is 10.2 Å². The average Bonchev–Trinajstić information content (AvgIpc) is 3.15. The molecule has 0 radical (unpaired) electrons. The van der Waals surface area contributed by atoms with Crippen LogP contribution >= 0.6 is 34.4 Å². The van der Waals surface area contributed by atoms with E-state index in [1.165, 1.54) is 11.3 Å². The van der Waals surface area contributed by atoms with Crippen molar-refractivity contribution in [2.75, 3.05) is 24.1 Å². The molecular formula is C16H20N4O2S4. The lowest BCUT2D eigenvalue weighted by molar-refractivity contribution is 0.223. The Bertz CT molecular complexity index is 1050. The summed E-state index contributed by atoms with van der Waals surface area (Å²) in [5.41, 5.74) is 1.74. The van der Waals surface area contributed by atoms with Crippen LogP contribution in [0.1, 0.15) is 20.3 Å². The summed E-state index contributed by atoms with van der Waals surface area (Å²) in [7, 11) is -3.59. The number of anilines is 1. The first kappa shape index (κ1) is 18.4. The number of piperidine rings is 1. The molecule has 2 aromatic heterocycles. The second-order valence-corrected chi connectivity index (χ2v) is 11.6. The summed E-state index contributed by atoms with van der Waals surface area (Å²) >= 11 is 4.61. The molecule has 10 heteroatoms. The first-order valence-corrected chi connectivity index (χ1v) is 12.7. The average molecular weight is 429 g/mol. The molecule has 1 saturated heterocycles. The van der Waals surface area contributed by atoms with Gasteiger partial charge in [-0.05, 0) is 36.6 Å². The van der Waals surface area contributed by atoms with Gasteiger partial charge in [0.25, 0.3) is 0 Å². The van der Waals surface area contributed by atoms with Gasteiger partial charge >= 0.3 is 10.2 Å². The maximum Gasteiger partial charge on any atom is 0.303 e. The van der Waals surface area contributed by atoms with E-state index < -0.39 is 10.2 Å². The highest BCUT2D eigenvalue weighted by Gasteiger charge is 2.31. The lowest BCUT2D eigenvalue weighted by Crippen LogP contribution is -2.45. The highest BCUT2D eigenvalue weighted by molar-refractivity contribution is 8.00. The van der Waals surface area contributed by atoms with Crippen molar-refractivity contribution in [3.63, 3.8) is 0 Å². The number of nitrogens with zero attached hydrogens (tertiary/aromatic N) is 3. The zero-order chi connectivity index (χ0) is 18.5. The van der Waals surface area contributed by atoms with Crippen molar-refractivity contribution >= 4 is 70.2 Å². The van der Waals surface area contributed by atoms with Crippen LogP contribution in [0.4, 0.5) is 5.13 Å². The fraction of sp³-hybridized carbons (Fsp3) is 0.500. The molecule has 1 aliphatic rings. The fourth-order valence-corrected chi connectivity index (χ4v) is 7.75. The number of rotatable bonds is 4. The summed E-state index contributed by atoms with van der Waals surface area (Å²) in [5.74, 6) is 0.736. The SMILES string of the molecule is CSc1nc2ccc3nc(NS(=O)(=O)N4CC(C)CC(C)C4)sc3c2s1. The van der Waals surface area contributed by atoms with E-state index in [2.05, 4.69) is 28.5 Å². The number of fused-ring (bicyclic) bond motifs is 3. The number of thioether (sulfide) groups is 1. The van der Waals surface area contributed by atoms with E-state index in [4.69, 9.17) is 0 Å². The molecule has 6 nitrogen and oxygen atoms in total. The number of hydrogen-bond acceptors (Lipinski definition) is 7. The van der Waals surface area contributed by atoms with Crippen molar-refractivity contribution in [2.45, 2.75) is 24.6 Å². The third-order valence-corrected chi connectivity index (χ3v) is 9.22. The summed E-state index contributed by atoms with van der Waals surface area (Å²) in [6.45, 7) is 5.31. The molecule has 0 spiro atoms. The van der Waals surface area contributed by atoms with Crippen LogP contribution in [0.2, 0.25) is 0 Å². The Kier molecular flexibility index (Phi) is 4.89. The summed E-state index contributed by atoms with van der Waals surface area (Å²) in [6.07, 6.45) is 3.07. The monoisotopic (exact) mass is 428 g/mol. The standard InChI is InChI=1S/C16H20N4O2S4/c1-9-6-10(2)8-20(7-9)26(21,22)19-15-17-11-4-5-12-14(13(11)24-15)25-16(18-12)23-3/h4-5,9-10H,6-8H2,1-3H3,(H,17,19). The van der Waals surface area contributed by atoms with Crippen molar-refractivity contribution in [3.8, 4) is 0 Å². The van der Waals surface area contributed by atoms with Gasteiger partial charge in [-0.2, -0.15) is 12.7 Å². The lowest BCUT2D eigenvalue weighted by Gasteiger charge is -2.33. The quantitative estimate of drug-likeness (QED) is 0.628. The largest absolute Gasteiger partial charge is 0.303 e. The zero-order valence-corrected chi connectivity index (χ0v) is 18.0. The number of benzene rings is 1. The van der Waals surface area contributed by atoms with E-state index in [-0.39, 0.29) is 0 Å². The third-order valence-electron chi connectivity index (χ3n) is 4.46. The molecular weight excluding hydrogens is 408 g/mol. The van der Waals surface area contributed by atoms with Crippen LogP contribution < -0.4 is 4.72 Å². The topological polar surface area (TPSA) is 75.2 Å². The molecule has 0 amide bonds. The smallest absolute Gasteiger partial charge is 0.246 e. The molecule has 4 rings (SSSR count). The Morgan fingerprint density at radius 1 is 1.12 bits per heavy atom. The van der Waals surface area contributed by atoms with Crippen LogP contribution in [0.25, 0.3) is 20.4 Å². The van der Waals surface area contributed by atoms with Gasteiger partial charge in [0.15, 0.2) is 9.47 Å². The Hall–Kier alpha value is -0.940. The van der Waals surface area contributed by atoms with Gasteiger partial charge in [0.05, 0.1) is 20.4 Å². The Balaban J connectivity index is 1.66. The molecule has 0 bridgehead atoms. The van der Waals surface area contributed by atoms with Gasteiger partial charge < -0.3 is 0 Å². The molecule has 1 N–H and O–H groups in total. The molecule has 3 aromatic rings. The molecule has 0 aliphatic carbocycles. The van der Waals surface area contributed by atoms with Crippen LogP contribution in [0.3, 0.4) is 0 Å². The Labute approximate surface area is 165 Å². The van der Waals surface area contributed by atoms with E-state index in [1.54, 1.807) is 27.4 Å². The summed E-state index contributed by atoms with van der Waals surface area (Å²) in [6, 6.07) is 3.85. The molecule has 1 aliphatic heterocycles. The van der Waals surface area contributed by atoms with Crippen molar-refractivity contribution in [1.82, 2.24) is 14.3 Å². The molecule has 2 atom stereocenters. The number of nitrogens with one attached hydrogen (secondary N) is 1. The van der Waals surface area contributed by atoms with Gasteiger partial charge in [0.2, 0.25) is 0 Å². The van der Waals surface area contributed by atoms with Crippen molar-refractivity contribution in [3.05, 3.63) is 12.1 Å². The Morgan fingerprint density at radius 3 is 2.38 bits per heavy atom. The van der Waals surface area contributed by atoms with Gasteiger partial charge in [0, 0.05) is 13.1 Å². The van der Waals surface area contributed by atoms with Crippen molar-refractivity contribution in [2.24, 2.45) is 11.8 Å². The van der Waals surface area contributed by atoms with Crippen molar-refractivity contribution in [1.29, 1.82) is 0 Å². The van der Waals surface area contributed by atoms with Crippen LogP contribution in [0.15, 0.2) is 16.5 Å². The first-order valence-electron chi connectivity index (χ1n) is 8.37. The van der Waals surface area contributed by atoms with Crippen LogP contribution in [-0.4, -0.2) is 42.0 Å². The highest BCUT2D eigenvalue weighted by Crippen LogP contribution is 2.38. The molecule has 1 aromatic carbocycles. The molecule has 2 unspecified atom stereocenters. The van der Waals surface area contributed by atoms with Crippen LogP contribution in [0.5, 0.6) is 0 Å². The van der Waals surface area contributed by atoms with Gasteiger partial charge in [-0.25, -0.2) is 14.7 Å². The van der Waals surface area contributed by atoms with E-state index in [9.17, 15) is 8.42 Å². The van der Waals surface area contributed by atoms with E-state index >= 15 is 0 Å². The molecule has 0 saturated carbocycles. The van der Waals surface area contributed by atoms with Gasteiger partial charge in [-0.1, -0.05) is 36.9 Å². The zero-order valence-electron chi connectivity index (χ0n) is 14.7. The molecule has 1 fully saturated rings. The normalized spacial score (nSPS) is 22.3. The molecule has 3 heterocycles. The van der Waals surface area contributed by atoms with E-state index in [0.717, 1.165) is 31.2 Å². The Morgan fingerprint density at radius 2 is 1.73 bits per heavy atom. The summed E-state index contributed by atoms with van der Waals surface area (Å²) in [4.78, 5) is 9.06. The number of aromatic nitrogens is 2. The first-order chi connectivity index (χ1) is 12.4. The van der Waals surface area contributed by atoms with Gasteiger partial charge in [0.1, 0.15) is 0 Å². The third kappa shape index (κ3) is 3.45. The van der Waals surface area contributed by atoms with Crippen LogP contribution in [0, 0.1) is 11.8 Å². The lowest BCUT2D eigenvalue weighted by atomic mass is 9.94. The summed E-state index contributed by atoms with van der Waals surface area (Å²) < 4.78 is 32.9. The second kappa shape index (κ2) is 6.90. The van der Waals surface area contributed by atoms with Crippen molar-refractivity contribution < 1.29 is 8.42 Å². The van der Waals surface area contributed by atoms with Gasteiger partial charge in [-0.3, -0.25) is 0 Å². The predicted molar refractivity (Wildman–Crippen MR) is 112 cm³/mol. The van der Waals surface area contributed by atoms with E-state index in [0.29, 0.717) is 30.1 Å². The molecule has 26 heavy (non-hydrogen) atoms.